The van der Waals surface area contributed by atoms with Crippen molar-refractivity contribution in [2.75, 3.05) is 5.32 Å². The Morgan fingerprint density at radius 2 is 2.06 bits per heavy atom. The van der Waals surface area contributed by atoms with E-state index in [1.54, 1.807) is 0 Å². The molecule has 4 heteroatoms. The van der Waals surface area contributed by atoms with Gasteiger partial charge in [0.05, 0.1) is 0 Å². The molecule has 1 aliphatic rings. The van der Waals surface area contributed by atoms with Crippen LogP contribution in [0.2, 0.25) is 0 Å². The Hall–Kier alpha value is -0.620. The molecule has 0 heterocycles. The number of hydrogen-bond donors (Lipinski definition) is 2. The first kappa shape index (κ1) is 11.9. The van der Waals surface area contributed by atoms with E-state index in [-0.39, 0.29) is 5.91 Å². The lowest BCUT2D eigenvalue weighted by Gasteiger charge is -2.20. The smallest absolute Gasteiger partial charge is 0.256 e. The highest BCUT2D eigenvalue weighted by atomic mass is 127. The van der Waals surface area contributed by atoms with Gasteiger partial charge in [-0.2, -0.15) is 0 Å². The Kier molecular flexibility index (Phi) is 3.49. The van der Waals surface area contributed by atoms with E-state index < -0.39 is 5.60 Å². The van der Waals surface area contributed by atoms with Crippen molar-refractivity contribution in [3.63, 3.8) is 0 Å². The van der Waals surface area contributed by atoms with E-state index in [4.69, 9.17) is 0 Å². The maximum atomic E-state index is 11.9. The molecule has 0 aromatic heterocycles. The third kappa shape index (κ3) is 2.55. The van der Waals surface area contributed by atoms with Crippen LogP contribution in [0, 0.1) is 3.57 Å². The van der Waals surface area contributed by atoms with E-state index in [2.05, 4.69) is 27.9 Å². The van der Waals surface area contributed by atoms with Gasteiger partial charge in [-0.25, -0.2) is 0 Å². The highest BCUT2D eigenvalue weighted by Crippen LogP contribution is 2.30. The number of anilines is 1. The zero-order valence-corrected chi connectivity index (χ0v) is 11.0. The van der Waals surface area contributed by atoms with E-state index in [1.807, 2.05) is 24.3 Å². The zero-order chi connectivity index (χ0) is 11.6. The molecular formula is C12H14INO2. The number of amides is 1. The number of nitrogens with one attached hydrogen (secondary N) is 1. The number of hydrogen-bond acceptors (Lipinski definition) is 2. The Labute approximate surface area is 108 Å². The number of aliphatic hydroxyl groups is 1. The van der Waals surface area contributed by atoms with Crippen molar-refractivity contribution in [1.29, 1.82) is 0 Å². The second-order valence-electron chi connectivity index (χ2n) is 4.20. The van der Waals surface area contributed by atoms with Gasteiger partial charge in [-0.3, -0.25) is 4.79 Å². The Balaban J connectivity index is 2.07. The van der Waals surface area contributed by atoms with Crippen LogP contribution >= 0.6 is 22.6 Å². The van der Waals surface area contributed by atoms with Crippen LogP contribution in [0.5, 0.6) is 0 Å². The molecule has 0 unspecified atom stereocenters. The van der Waals surface area contributed by atoms with Gasteiger partial charge in [-0.15, -0.1) is 0 Å². The molecule has 1 saturated carbocycles. The summed E-state index contributed by atoms with van der Waals surface area (Å²) in [6.07, 6.45) is 3.00. The molecule has 1 aliphatic carbocycles. The minimum Gasteiger partial charge on any atom is -0.380 e. The van der Waals surface area contributed by atoms with E-state index in [0.29, 0.717) is 12.8 Å². The molecule has 2 N–H and O–H groups in total. The van der Waals surface area contributed by atoms with Gasteiger partial charge in [-0.1, -0.05) is 6.07 Å². The summed E-state index contributed by atoms with van der Waals surface area (Å²) < 4.78 is 1.06. The molecule has 1 fully saturated rings. The molecule has 16 heavy (non-hydrogen) atoms. The summed E-state index contributed by atoms with van der Waals surface area (Å²) in [5, 5.41) is 12.8. The second-order valence-corrected chi connectivity index (χ2v) is 5.45. The van der Waals surface area contributed by atoms with Crippen molar-refractivity contribution in [2.45, 2.75) is 31.3 Å². The molecule has 0 atom stereocenters. The third-order valence-corrected chi connectivity index (χ3v) is 3.61. The minimum atomic E-state index is -1.15. The fraction of sp³-hybridized carbons (Fsp3) is 0.417. The highest BCUT2D eigenvalue weighted by molar-refractivity contribution is 14.1. The molecule has 0 bridgehead atoms. The van der Waals surface area contributed by atoms with E-state index in [9.17, 15) is 9.90 Å². The topological polar surface area (TPSA) is 49.3 Å². The van der Waals surface area contributed by atoms with Crippen molar-refractivity contribution in [2.24, 2.45) is 0 Å². The first-order chi connectivity index (χ1) is 7.60. The lowest BCUT2D eigenvalue weighted by atomic mass is 10.0. The lowest BCUT2D eigenvalue weighted by Crippen LogP contribution is -2.40. The van der Waals surface area contributed by atoms with Gasteiger partial charge in [0.2, 0.25) is 0 Å². The molecule has 0 saturated heterocycles. The highest BCUT2D eigenvalue weighted by Gasteiger charge is 2.38. The maximum Gasteiger partial charge on any atom is 0.256 e. The molecule has 0 aliphatic heterocycles. The van der Waals surface area contributed by atoms with Gasteiger partial charge < -0.3 is 10.4 Å². The summed E-state index contributed by atoms with van der Waals surface area (Å²) in [6, 6.07) is 7.56. The normalized spacial score (nSPS) is 18.4. The van der Waals surface area contributed by atoms with Crippen LogP contribution < -0.4 is 5.32 Å². The molecule has 3 nitrogen and oxygen atoms in total. The first-order valence-corrected chi connectivity index (χ1v) is 6.47. The summed E-state index contributed by atoms with van der Waals surface area (Å²) in [6.45, 7) is 0. The average Bonchev–Trinajstić information content (AvgIpc) is 2.66. The Bertz CT molecular complexity index is 400. The van der Waals surface area contributed by atoms with Crippen molar-refractivity contribution >= 4 is 34.2 Å². The fourth-order valence-corrected chi connectivity index (χ4v) is 2.54. The van der Waals surface area contributed by atoms with Crippen molar-refractivity contribution in [3.05, 3.63) is 27.8 Å². The van der Waals surface area contributed by atoms with Gasteiger partial charge in [0.1, 0.15) is 5.60 Å². The monoisotopic (exact) mass is 331 g/mol. The van der Waals surface area contributed by atoms with E-state index in [0.717, 1.165) is 22.1 Å². The Morgan fingerprint density at radius 1 is 1.38 bits per heavy atom. The molecule has 0 spiro atoms. The summed E-state index contributed by atoms with van der Waals surface area (Å²) >= 11 is 2.19. The second kappa shape index (κ2) is 4.71. The van der Waals surface area contributed by atoms with Crippen molar-refractivity contribution in [3.8, 4) is 0 Å². The van der Waals surface area contributed by atoms with Gasteiger partial charge in [0, 0.05) is 9.26 Å². The van der Waals surface area contributed by atoms with Crippen molar-refractivity contribution < 1.29 is 9.90 Å². The van der Waals surface area contributed by atoms with Gasteiger partial charge in [0.25, 0.3) is 5.91 Å². The minimum absolute atomic E-state index is 0.271. The molecule has 1 aromatic carbocycles. The molecule has 1 amide bonds. The summed E-state index contributed by atoms with van der Waals surface area (Å²) in [5.41, 5.74) is -0.404. The van der Waals surface area contributed by atoms with Crippen LogP contribution in [0.3, 0.4) is 0 Å². The third-order valence-electron chi connectivity index (χ3n) is 2.94. The number of benzene rings is 1. The summed E-state index contributed by atoms with van der Waals surface area (Å²) in [5.74, 6) is -0.271. The largest absolute Gasteiger partial charge is 0.380 e. The Morgan fingerprint density at radius 3 is 2.69 bits per heavy atom. The van der Waals surface area contributed by atoms with Crippen LogP contribution in [0.4, 0.5) is 5.69 Å². The summed E-state index contributed by atoms with van der Waals surface area (Å²) in [7, 11) is 0. The SMILES string of the molecule is O=C(Nc1cccc(I)c1)C1(O)CCCC1. The van der Waals surface area contributed by atoms with Gasteiger partial charge in [0.15, 0.2) is 0 Å². The summed E-state index contributed by atoms with van der Waals surface area (Å²) in [4.78, 5) is 11.9. The quantitative estimate of drug-likeness (QED) is 0.819. The van der Waals surface area contributed by atoms with Crippen LogP contribution in [0.15, 0.2) is 24.3 Å². The van der Waals surface area contributed by atoms with Gasteiger partial charge in [-0.05, 0) is 66.5 Å². The standard InChI is InChI=1S/C12H14INO2/c13-9-4-3-5-10(8-9)14-11(15)12(16)6-1-2-7-12/h3-5,8,16H,1-2,6-7H2,(H,14,15). The molecule has 0 radical (unpaired) electrons. The first-order valence-electron chi connectivity index (χ1n) is 5.40. The van der Waals surface area contributed by atoms with E-state index in [1.165, 1.54) is 0 Å². The number of halogens is 1. The lowest BCUT2D eigenvalue weighted by molar-refractivity contribution is -0.133. The fourth-order valence-electron chi connectivity index (χ4n) is 2.00. The average molecular weight is 331 g/mol. The predicted octanol–water partition coefficient (Wildman–Crippen LogP) is 2.53. The molecule has 1 aromatic rings. The number of carbonyl (C=O) groups excluding carboxylic acids is 1. The molecule has 2 rings (SSSR count). The number of rotatable bonds is 2. The van der Waals surface area contributed by atoms with Crippen LogP contribution in [0.1, 0.15) is 25.7 Å². The molecule has 86 valence electrons. The number of carbonyl (C=O) groups is 1. The maximum absolute atomic E-state index is 11.9. The molecular weight excluding hydrogens is 317 g/mol. The van der Waals surface area contributed by atoms with Crippen LogP contribution in [-0.4, -0.2) is 16.6 Å². The van der Waals surface area contributed by atoms with Crippen LogP contribution in [0.25, 0.3) is 0 Å². The van der Waals surface area contributed by atoms with Gasteiger partial charge >= 0.3 is 0 Å². The van der Waals surface area contributed by atoms with Crippen molar-refractivity contribution in [1.82, 2.24) is 0 Å². The van der Waals surface area contributed by atoms with E-state index >= 15 is 0 Å². The zero-order valence-electron chi connectivity index (χ0n) is 8.87. The predicted molar refractivity (Wildman–Crippen MR) is 71.2 cm³/mol. The van der Waals surface area contributed by atoms with Crippen LogP contribution in [-0.2, 0) is 4.79 Å².